The highest BCUT2D eigenvalue weighted by atomic mass is 32.2. The number of aromatic hydroxyl groups is 1. The third kappa shape index (κ3) is 4.36. The van der Waals surface area contributed by atoms with Crippen molar-refractivity contribution in [2.75, 3.05) is 7.11 Å². The van der Waals surface area contributed by atoms with Gasteiger partial charge in [0.15, 0.2) is 11.0 Å². The zero-order valence-corrected chi connectivity index (χ0v) is 19.1. The van der Waals surface area contributed by atoms with Gasteiger partial charge in [0.05, 0.1) is 7.11 Å². The van der Waals surface area contributed by atoms with Crippen LogP contribution in [0.25, 0.3) is 22.4 Å². The first-order valence-corrected chi connectivity index (χ1v) is 11.5. The molecule has 0 aliphatic carbocycles. The van der Waals surface area contributed by atoms with Crippen molar-refractivity contribution in [3.05, 3.63) is 64.0 Å². The van der Waals surface area contributed by atoms with E-state index in [0.29, 0.717) is 16.9 Å². The van der Waals surface area contributed by atoms with Gasteiger partial charge in [0.2, 0.25) is 0 Å². The fraction of sp³-hybridized carbons (Fsp3) is 0.292. The summed E-state index contributed by atoms with van der Waals surface area (Å²) in [5.74, 6) is 2.23. The third-order valence-electron chi connectivity index (χ3n) is 5.38. The average molecular weight is 452 g/mol. The van der Waals surface area contributed by atoms with Gasteiger partial charge in [-0.25, -0.2) is 4.79 Å². The van der Waals surface area contributed by atoms with E-state index in [1.165, 1.54) is 17.8 Å². The SMILES string of the molecule is CCCCn1c(SCc2cc(=O)oc3c(C)c(O)ccc23)nnc1-c1ccc(OC)cc1. The fourth-order valence-electron chi connectivity index (χ4n) is 3.54. The molecule has 7 nitrogen and oxygen atoms in total. The van der Waals surface area contributed by atoms with Crippen molar-refractivity contribution in [3.8, 4) is 22.9 Å². The third-order valence-corrected chi connectivity index (χ3v) is 6.39. The summed E-state index contributed by atoms with van der Waals surface area (Å²) >= 11 is 1.53. The summed E-state index contributed by atoms with van der Waals surface area (Å²) in [6.45, 7) is 4.69. The van der Waals surface area contributed by atoms with E-state index in [-0.39, 0.29) is 5.75 Å². The van der Waals surface area contributed by atoms with E-state index >= 15 is 0 Å². The Kier molecular flexibility index (Phi) is 6.50. The lowest BCUT2D eigenvalue weighted by Crippen LogP contribution is -2.04. The Balaban J connectivity index is 1.67. The molecule has 0 fully saturated rings. The van der Waals surface area contributed by atoms with Gasteiger partial charge < -0.3 is 18.8 Å². The molecule has 0 radical (unpaired) electrons. The molecule has 0 saturated carbocycles. The number of rotatable bonds is 8. The summed E-state index contributed by atoms with van der Waals surface area (Å²) in [5.41, 5.74) is 2.34. The zero-order valence-electron chi connectivity index (χ0n) is 18.3. The van der Waals surface area contributed by atoms with Crippen LogP contribution in [0.3, 0.4) is 0 Å². The second kappa shape index (κ2) is 9.48. The number of phenols is 1. The Morgan fingerprint density at radius 1 is 1.16 bits per heavy atom. The van der Waals surface area contributed by atoms with Crippen molar-refractivity contribution >= 4 is 22.7 Å². The van der Waals surface area contributed by atoms with Crippen molar-refractivity contribution in [2.24, 2.45) is 0 Å². The molecule has 0 amide bonds. The van der Waals surface area contributed by atoms with E-state index in [1.807, 2.05) is 24.3 Å². The molecule has 0 spiro atoms. The predicted octanol–water partition coefficient (Wildman–Crippen LogP) is 5.17. The van der Waals surface area contributed by atoms with E-state index in [0.717, 1.165) is 52.6 Å². The average Bonchev–Trinajstić information content (AvgIpc) is 3.21. The highest BCUT2D eigenvalue weighted by Gasteiger charge is 2.16. The highest BCUT2D eigenvalue weighted by Crippen LogP contribution is 2.32. The van der Waals surface area contributed by atoms with Gasteiger partial charge in [0, 0.05) is 34.9 Å². The molecule has 0 atom stereocenters. The van der Waals surface area contributed by atoms with E-state index in [2.05, 4.69) is 21.7 Å². The molecule has 2 heterocycles. The minimum absolute atomic E-state index is 0.105. The number of aromatic nitrogens is 3. The maximum absolute atomic E-state index is 12.1. The monoisotopic (exact) mass is 451 g/mol. The Hall–Kier alpha value is -3.26. The number of aryl methyl sites for hydroxylation is 1. The van der Waals surface area contributed by atoms with Crippen LogP contribution >= 0.6 is 11.8 Å². The van der Waals surface area contributed by atoms with E-state index in [9.17, 15) is 9.90 Å². The van der Waals surface area contributed by atoms with E-state index < -0.39 is 5.63 Å². The van der Waals surface area contributed by atoms with Gasteiger partial charge in [-0.15, -0.1) is 10.2 Å². The standard InChI is InChI=1S/C24H25N3O4S/c1-4-5-12-27-23(16-6-8-18(30-3)9-7-16)25-26-24(27)32-14-17-13-21(29)31-22-15(2)20(28)11-10-19(17)22/h6-11,13,28H,4-5,12,14H2,1-3H3. The summed E-state index contributed by atoms with van der Waals surface area (Å²) in [7, 11) is 1.64. The number of benzene rings is 2. The van der Waals surface area contributed by atoms with Crippen molar-refractivity contribution in [3.63, 3.8) is 0 Å². The molecular formula is C24H25N3O4S. The predicted molar refractivity (Wildman–Crippen MR) is 125 cm³/mol. The molecular weight excluding hydrogens is 426 g/mol. The molecule has 0 aliphatic heterocycles. The largest absolute Gasteiger partial charge is 0.508 e. The molecule has 1 N–H and O–H groups in total. The number of phenolic OH excluding ortho intramolecular Hbond substituents is 1. The lowest BCUT2D eigenvalue weighted by Gasteiger charge is -2.11. The molecule has 0 unspecified atom stereocenters. The number of thioether (sulfide) groups is 1. The Morgan fingerprint density at radius 3 is 2.66 bits per heavy atom. The number of ether oxygens (including phenoxy) is 1. The minimum Gasteiger partial charge on any atom is -0.508 e. The van der Waals surface area contributed by atoms with Gasteiger partial charge in [0.25, 0.3) is 0 Å². The normalized spacial score (nSPS) is 11.2. The number of hydrogen-bond acceptors (Lipinski definition) is 7. The van der Waals surface area contributed by atoms with Gasteiger partial charge in [-0.2, -0.15) is 0 Å². The molecule has 4 aromatic rings. The van der Waals surface area contributed by atoms with Gasteiger partial charge >= 0.3 is 5.63 Å². The van der Waals surface area contributed by atoms with Gasteiger partial charge in [-0.3, -0.25) is 0 Å². The molecule has 0 aliphatic rings. The molecule has 2 aromatic heterocycles. The van der Waals surface area contributed by atoms with Crippen molar-refractivity contribution < 1.29 is 14.3 Å². The first-order chi connectivity index (χ1) is 15.5. The second-order valence-electron chi connectivity index (χ2n) is 7.51. The summed E-state index contributed by atoms with van der Waals surface area (Å²) in [5, 5.41) is 20.5. The van der Waals surface area contributed by atoms with Crippen LogP contribution in [-0.4, -0.2) is 27.0 Å². The van der Waals surface area contributed by atoms with Crippen LogP contribution < -0.4 is 10.4 Å². The molecule has 32 heavy (non-hydrogen) atoms. The molecule has 166 valence electrons. The number of unbranched alkanes of at least 4 members (excludes halogenated alkanes) is 1. The lowest BCUT2D eigenvalue weighted by atomic mass is 10.1. The minimum atomic E-state index is -0.437. The van der Waals surface area contributed by atoms with Crippen LogP contribution in [0.1, 0.15) is 30.9 Å². The Morgan fingerprint density at radius 2 is 1.94 bits per heavy atom. The smallest absolute Gasteiger partial charge is 0.336 e. The van der Waals surface area contributed by atoms with Crippen molar-refractivity contribution in [2.45, 2.75) is 44.1 Å². The number of fused-ring (bicyclic) bond motifs is 1. The molecule has 8 heteroatoms. The summed E-state index contributed by atoms with van der Waals surface area (Å²) in [6, 6.07) is 12.7. The van der Waals surface area contributed by atoms with Crippen molar-refractivity contribution in [1.82, 2.24) is 14.8 Å². The zero-order chi connectivity index (χ0) is 22.7. The second-order valence-corrected chi connectivity index (χ2v) is 8.45. The van der Waals surface area contributed by atoms with E-state index in [1.54, 1.807) is 26.2 Å². The number of nitrogens with zero attached hydrogens (tertiary/aromatic N) is 3. The van der Waals surface area contributed by atoms with Crippen LogP contribution in [0.4, 0.5) is 0 Å². The summed E-state index contributed by atoms with van der Waals surface area (Å²) in [6.07, 6.45) is 2.06. The van der Waals surface area contributed by atoms with Crippen LogP contribution in [0.5, 0.6) is 11.5 Å². The summed E-state index contributed by atoms with van der Waals surface area (Å²) in [4.78, 5) is 12.1. The first kappa shape index (κ1) is 22.0. The molecule has 4 rings (SSSR count). The van der Waals surface area contributed by atoms with Gasteiger partial charge in [-0.1, -0.05) is 25.1 Å². The van der Waals surface area contributed by atoms with Crippen LogP contribution in [0, 0.1) is 6.92 Å². The number of hydrogen-bond donors (Lipinski definition) is 1. The molecule has 0 saturated heterocycles. The quantitative estimate of drug-likeness (QED) is 0.292. The number of methoxy groups -OCH3 is 1. The molecule has 0 bridgehead atoms. The van der Waals surface area contributed by atoms with Crippen LogP contribution in [0.15, 0.2) is 56.8 Å². The molecule has 2 aromatic carbocycles. The Labute approximate surface area is 190 Å². The Bertz CT molecular complexity index is 1300. The fourth-order valence-corrected chi connectivity index (χ4v) is 4.50. The van der Waals surface area contributed by atoms with Gasteiger partial charge in [-0.05, 0) is 55.3 Å². The highest BCUT2D eigenvalue weighted by molar-refractivity contribution is 7.98. The van der Waals surface area contributed by atoms with E-state index in [4.69, 9.17) is 9.15 Å². The maximum atomic E-state index is 12.1. The summed E-state index contributed by atoms with van der Waals surface area (Å²) < 4.78 is 12.7. The maximum Gasteiger partial charge on any atom is 0.336 e. The first-order valence-electron chi connectivity index (χ1n) is 10.5. The topological polar surface area (TPSA) is 90.4 Å². The van der Waals surface area contributed by atoms with Gasteiger partial charge in [0.1, 0.15) is 17.1 Å². The van der Waals surface area contributed by atoms with Crippen LogP contribution in [0.2, 0.25) is 0 Å². The lowest BCUT2D eigenvalue weighted by molar-refractivity contribution is 0.415. The van der Waals surface area contributed by atoms with Crippen molar-refractivity contribution in [1.29, 1.82) is 0 Å². The van der Waals surface area contributed by atoms with Crippen LogP contribution in [-0.2, 0) is 12.3 Å².